The predicted octanol–water partition coefficient (Wildman–Crippen LogP) is 4.57. The molecule has 11 heteroatoms. The van der Waals surface area contributed by atoms with Crippen LogP contribution in [0.15, 0.2) is 39.7 Å². The van der Waals surface area contributed by atoms with Gasteiger partial charge >= 0.3 is 12.2 Å². The van der Waals surface area contributed by atoms with E-state index in [-0.39, 0.29) is 5.82 Å². The summed E-state index contributed by atoms with van der Waals surface area (Å²) in [6, 6.07) is 3.69. The Labute approximate surface area is 153 Å². The monoisotopic (exact) mass is 431 g/mol. The van der Waals surface area contributed by atoms with Crippen molar-refractivity contribution in [3.8, 4) is 0 Å². The summed E-state index contributed by atoms with van der Waals surface area (Å²) in [7, 11) is 0. The first-order chi connectivity index (χ1) is 12.1. The van der Waals surface area contributed by atoms with E-state index in [0.29, 0.717) is 11.3 Å². The zero-order valence-corrected chi connectivity index (χ0v) is 15.1. The topological polar surface area (TPSA) is 84.5 Å². The first-order valence-electron chi connectivity index (χ1n) is 7.33. The van der Waals surface area contributed by atoms with Crippen molar-refractivity contribution in [3.05, 3.63) is 41.0 Å². The van der Waals surface area contributed by atoms with E-state index in [9.17, 15) is 18.0 Å². The Balaban J connectivity index is 1.75. The van der Waals surface area contributed by atoms with E-state index >= 15 is 0 Å². The molecule has 3 heterocycles. The minimum atomic E-state index is -4.52. The van der Waals surface area contributed by atoms with Crippen LogP contribution < -0.4 is 10.6 Å². The van der Waals surface area contributed by atoms with Crippen LogP contribution in [0.5, 0.6) is 0 Å². The highest BCUT2D eigenvalue weighted by atomic mass is 79.9. The predicted molar refractivity (Wildman–Crippen MR) is 91.1 cm³/mol. The number of carbonyl (C=O) groups is 1. The van der Waals surface area contributed by atoms with Gasteiger partial charge in [0.25, 0.3) is 0 Å². The molecule has 0 aliphatic carbocycles. The van der Waals surface area contributed by atoms with Crippen molar-refractivity contribution in [1.82, 2.24) is 14.5 Å². The molecule has 2 amide bonds. The number of rotatable bonds is 3. The number of carbonyl (C=O) groups excluding carboxylic acids is 1. The van der Waals surface area contributed by atoms with Gasteiger partial charge in [0.2, 0.25) is 0 Å². The summed E-state index contributed by atoms with van der Waals surface area (Å²) < 4.78 is 46.3. The summed E-state index contributed by atoms with van der Waals surface area (Å²) >= 11 is 3.35. The lowest BCUT2D eigenvalue weighted by atomic mass is 9.89. The number of nitrogens with one attached hydrogen (secondary N) is 2. The van der Waals surface area contributed by atoms with E-state index in [2.05, 4.69) is 36.7 Å². The number of imidazole rings is 1. The van der Waals surface area contributed by atoms with E-state index < -0.39 is 23.4 Å². The molecular weight excluding hydrogens is 419 g/mol. The Hall–Kier alpha value is -2.56. The van der Waals surface area contributed by atoms with Crippen molar-refractivity contribution in [1.29, 1.82) is 0 Å². The molecular formula is C15H13BrF3N5O2. The zero-order valence-electron chi connectivity index (χ0n) is 13.6. The number of fused-ring (bicyclic) bond motifs is 1. The smallest absolute Gasteiger partial charge is 0.358 e. The summed E-state index contributed by atoms with van der Waals surface area (Å²) in [5.41, 5.74) is -1.33. The van der Waals surface area contributed by atoms with Crippen LogP contribution in [0.2, 0.25) is 0 Å². The zero-order chi connectivity index (χ0) is 19.1. The summed E-state index contributed by atoms with van der Waals surface area (Å²) in [4.78, 5) is 16.2. The van der Waals surface area contributed by atoms with Gasteiger partial charge in [-0.3, -0.25) is 9.72 Å². The van der Waals surface area contributed by atoms with Crippen LogP contribution in [0, 0.1) is 0 Å². The second-order valence-corrected chi connectivity index (χ2v) is 6.78. The summed E-state index contributed by atoms with van der Waals surface area (Å²) in [6.45, 7) is 1.93. The van der Waals surface area contributed by atoms with Gasteiger partial charge in [-0.2, -0.15) is 13.2 Å². The van der Waals surface area contributed by atoms with Crippen molar-refractivity contribution in [2.24, 2.45) is 0 Å². The minimum absolute atomic E-state index is 0.133. The number of hydrogen-bond acceptors (Lipinski definition) is 4. The minimum Gasteiger partial charge on any atom is -0.358 e. The van der Waals surface area contributed by atoms with Gasteiger partial charge in [0.05, 0.1) is 10.3 Å². The number of halogens is 4. The van der Waals surface area contributed by atoms with Gasteiger partial charge < -0.3 is 9.84 Å². The Morgan fingerprint density at radius 2 is 2.00 bits per heavy atom. The molecule has 0 unspecified atom stereocenters. The number of hydrogen-bond donors (Lipinski definition) is 2. The fourth-order valence-electron chi connectivity index (χ4n) is 2.12. The van der Waals surface area contributed by atoms with Crippen molar-refractivity contribution < 1.29 is 22.5 Å². The maximum Gasteiger partial charge on any atom is 0.401 e. The number of amides is 2. The van der Waals surface area contributed by atoms with Crippen LogP contribution in [0.3, 0.4) is 0 Å². The Morgan fingerprint density at radius 3 is 2.69 bits per heavy atom. The molecule has 0 aliphatic heterocycles. The third-order valence-electron chi connectivity index (χ3n) is 3.82. The SMILES string of the molecule is CC(C)(c1cc(NC(=O)Nc2ccc(Br)n3ccnc23)no1)C(F)(F)F. The van der Waals surface area contributed by atoms with E-state index in [1.165, 1.54) is 0 Å². The van der Waals surface area contributed by atoms with Gasteiger partial charge in [-0.15, -0.1) is 0 Å². The number of alkyl halides is 3. The molecule has 3 aromatic heterocycles. The van der Waals surface area contributed by atoms with Gasteiger partial charge in [-0.05, 0) is 41.9 Å². The Bertz CT molecular complexity index is 964. The molecule has 138 valence electrons. The summed E-state index contributed by atoms with van der Waals surface area (Å²) in [5.74, 6) is -0.536. The molecule has 0 radical (unpaired) electrons. The molecule has 0 bridgehead atoms. The van der Waals surface area contributed by atoms with E-state index in [4.69, 9.17) is 4.52 Å². The molecule has 0 aromatic carbocycles. The maximum atomic E-state index is 13.0. The second-order valence-electron chi connectivity index (χ2n) is 5.97. The van der Waals surface area contributed by atoms with Gasteiger partial charge in [-0.25, -0.2) is 9.78 Å². The van der Waals surface area contributed by atoms with E-state index in [1.807, 2.05) is 0 Å². The average molecular weight is 432 g/mol. The number of nitrogens with zero attached hydrogens (tertiary/aromatic N) is 3. The largest absolute Gasteiger partial charge is 0.401 e. The normalized spacial score (nSPS) is 12.4. The third kappa shape index (κ3) is 3.26. The highest BCUT2D eigenvalue weighted by Gasteiger charge is 2.51. The number of urea groups is 1. The van der Waals surface area contributed by atoms with Crippen molar-refractivity contribution in [3.63, 3.8) is 0 Å². The van der Waals surface area contributed by atoms with Gasteiger partial charge in [0.1, 0.15) is 5.41 Å². The quantitative estimate of drug-likeness (QED) is 0.594. The third-order valence-corrected chi connectivity index (χ3v) is 4.47. The van der Waals surface area contributed by atoms with Gasteiger partial charge in [0, 0.05) is 18.5 Å². The molecule has 0 fully saturated rings. The van der Waals surface area contributed by atoms with Crippen LogP contribution in [0.1, 0.15) is 19.6 Å². The molecule has 0 atom stereocenters. The van der Waals surface area contributed by atoms with Gasteiger partial charge in [-0.1, -0.05) is 5.16 Å². The molecule has 7 nitrogen and oxygen atoms in total. The lowest BCUT2D eigenvalue weighted by Crippen LogP contribution is -2.35. The highest BCUT2D eigenvalue weighted by Crippen LogP contribution is 2.41. The lowest BCUT2D eigenvalue weighted by molar-refractivity contribution is -0.185. The molecule has 0 aliphatic rings. The fraction of sp³-hybridized carbons (Fsp3) is 0.267. The van der Waals surface area contributed by atoms with Gasteiger partial charge in [0.15, 0.2) is 17.2 Å². The Morgan fingerprint density at radius 1 is 1.27 bits per heavy atom. The molecule has 0 spiro atoms. The standard InChI is InChI=1S/C15H13BrF3N5O2/c1-14(2,15(17,18)19)9-7-11(23-26-9)22-13(25)21-8-3-4-10(16)24-6-5-20-12(8)24/h3-7H,1-2H3,(H2,21,22,23,25). The fourth-order valence-corrected chi connectivity index (χ4v) is 2.54. The van der Waals surface area contributed by atoms with Crippen LogP contribution in [-0.2, 0) is 5.41 Å². The average Bonchev–Trinajstić information content (AvgIpc) is 3.18. The van der Waals surface area contributed by atoms with E-state index in [1.54, 1.807) is 28.9 Å². The van der Waals surface area contributed by atoms with Crippen molar-refractivity contribution >= 4 is 39.1 Å². The Kier molecular flexibility index (Phi) is 4.42. The molecule has 3 rings (SSSR count). The second kappa shape index (κ2) is 6.31. The molecule has 3 aromatic rings. The van der Waals surface area contributed by atoms with E-state index in [0.717, 1.165) is 24.5 Å². The number of anilines is 2. The molecule has 26 heavy (non-hydrogen) atoms. The van der Waals surface area contributed by atoms with Crippen molar-refractivity contribution in [2.45, 2.75) is 25.4 Å². The summed E-state index contributed by atoms with van der Waals surface area (Å²) in [5, 5.41) is 8.37. The van der Waals surface area contributed by atoms with Crippen LogP contribution in [-0.4, -0.2) is 26.7 Å². The van der Waals surface area contributed by atoms with Crippen LogP contribution >= 0.6 is 15.9 Å². The van der Waals surface area contributed by atoms with Crippen molar-refractivity contribution in [2.75, 3.05) is 10.6 Å². The lowest BCUT2D eigenvalue weighted by Gasteiger charge is -2.24. The molecule has 2 N–H and O–H groups in total. The molecule has 0 saturated carbocycles. The van der Waals surface area contributed by atoms with Crippen LogP contribution in [0.4, 0.5) is 29.5 Å². The molecule has 0 saturated heterocycles. The maximum absolute atomic E-state index is 13.0. The first kappa shape index (κ1) is 18.2. The first-order valence-corrected chi connectivity index (χ1v) is 8.12. The number of pyridine rings is 1. The van der Waals surface area contributed by atoms with Crippen LogP contribution in [0.25, 0.3) is 5.65 Å². The highest BCUT2D eigenvalue weighted by molar-refractivity contribution is 9.10. The number of aromatic nitrogens is 3. The summed E-state index contributed by atoms with van der Waals surface area (Å²) in [6.07, 6.45) is -1.26.